The number of nitrogens with one attached hydrogen (secondary N) is 1. The molecule has 1 saturated carbocycles. The van der Waals surface area contributed by atoms with Crippen LogP contribution in [-0.2, 0) is 9.53 Å². The number of carbonyl (C=O) groups excluding carboxylic acids is 2. The summed E-state index contributed by atoms with van der Waals surface area (Å²) in [5.74, 6) is -1.05. The normalized spacial score (nSPS) is 17.8. The van der Waals surface area contributed by atoms with Gasteiger partial charge in [0.25, 0.3) is 0 Å². The molecule has 1 aliphatic carbocycles. The average molecular weight is 403 g/mol. The van der Waals surface area contributed by atoms with Gasteiger partial charge in [-0.25, -0.2) is 4.79 Å². The third kappa shape index (κ3) is 8.29. The Hall–Kier alpha value is 0.792. The van der Waals surface area contributed by atoms with Crippen LogP contribution in [0.25, 0.3) is 0 Å². The first-order chi connectivity index (χ1) is 8.72. The van der Waals surface area contributed by atoms with Crippen LogP contribution >= 0.6 is 0 Å². The molecule has 0 spiro atoms. The molecule has 0 saturated heterocycles. The van der Waals surface area contributed by atoms with Crippen LogP contribution in [0.15, 0.2) is 0 Å². The monoisotopic (exact) mass is 403 g/mol. The number of hydrogen-bond acceptors (Lipinski definition) is 4. The van der Waals surface area contributed by atoms with E-state index in [1.54, 1.807) is 20.8 Å². The van der Waals surface area contributed by atoms with E-state index < -0.39 is 17.7 Å². The van der Waals surface area contributed by atoms with E-state index in [-0.39, 0.29) is 80.7 Å². The fraction of sp³-hybridized carbons (Fsp3) is 0.857. The summed E-state index contributed by atoms with van der Waals surface area (Å²) in [5.41, 5.74) is -0.911. The maximum Gasteiger partial charge on any atom is 1.00 e. The van der Waals surface area contributed by atoms with Gasteiger partial charge in [0.15, 0.2) is 0 Å². The van der Waals surface area contributed by atoms with Crippen molar-refractivity contribution in [2.45, 2.75) is 64.9 Å². The Morgan fingerprint density at radius 2 is 1.75 bits per heavy atom. The van der Waals surface area contributed by atoms with Crippen LogP contribution in [0.1, 0.15) is 59.3 Å². The van der Waals surface area contributed by atoms with Gasteiger partial charge in [0.1, 0.15) is 5.60 Å². The van der Waals surface area contributed by atoms with Crippen LogP contribution in [0.3, 0.4) is 0 Å². The van der Waals surface area contributed by atoms with Gasteiger partial charge in [-0.05, 0) is 45.4 Å². The fourth-order valence-corrected chi connectivity index (χ4v) is 2.60. The molecule has 0 heterocycles. The smallest absolute Gasteiger partial charge is 0.550 e. The van der Waals surface area contributed by atoms with E-state index in [1.165, 1.54) is 0 Å². The molecule has 20 heavy (non-hydrogen) atoms. The minimum absolute atomic E-state index is 0. The van der Waals surface area contributed by atoms with Crippen LogP contribution in [0, 0.1) is 5.41 Å². The van der Waals surface area contributed by atoms with E-state index in [4.69, 9.17) is 4.74 Å². The minimum atomic E-state index is -1.05. The molecule has 0 bridgehead atoms. The predicted octanol–water partition coefficient (Wildman–Crippen LogP) is -1.39. The van der Waals surface area contributed by atoms with Crippen molar-refractivity contribution in [2.75, 3.05) is 6.54 Å². The van der Waals surface area contributed by atoms with Gasteiger partial charge in [-0.1, -0.05) is 19.3 Å². The Balaban J connectivity index is 0.00000361. The SMILES string of the molecule is CC(C)(C)OC(=O)NCC1(CC(=O)[O-])CCCCC1.[Cs+]. The van der Waals surface area contributed by atoms with Crippen molar-refractivity contribution < 1.29 is 88.3 Å². The van der Waals surface area contributed by atoms with Gasteiger partial charge in [-0.3, -0.25) is 0 Å². The number of hydrogen-bond donors (Lipinski definition) is 1. The molecule has 0 aromatic rings. The standard InChI is InChI=1S/C14H25NO4.Cs/c1-13(2,3)19-12(18)15-10-14(9-11(16)17)7-5-4-6-8-14;/h4-10H2,1-3H3,(H,15,18)(H,16,17);/q;+1/p-1. The van der Waals surface area contributed by atoms with E-state index in [9.17, 15) is 14.7 Å². The van der Waals surface area contributed by atoms with Crippen LogP contribution in [0.5, 0.6) is 0 Å². The van der Waals surface area contributed by atoms with E-state index in [2.05, 4.69) is 5.32 Å². The second-order valence-corrected chi connectivity index (χ2v) is 6.46. The van der Waals surface area contributed by atoms with Crippen LogP contribution < -0.4 is 79.3 Å². The molecule has 0 aromatic heterocycles. The van der Waals surface area contributed by atoms with Gasteiger partial charge in [0.2, 0.25) is 0 Å². The molecular weight excluding hydrogens is 379 g/mol. The first kappa shape index (κ1) is 20.8. The van der Waals surface area contributed by atoms with E-state index >= 15 is 0 Å². The third-order valence-corrected chi connectivity index (χ3v) is 3.44. The minimum Gasteiger partial charge on any atom is -0.550 e. The maximum atomic E-state index is 11.6. The topological polar surface area (TPSA) is 78.5 Å². The molecule has 1 N–H and O–H groups in total. The van der Waals surface area contributed by atoms with Gasteiger partial charge in [0, 0.05) is 12.5 Å². The molecule has 1 amide bonds. The molecule has 1 rings (SSSR count). The van der Waals surface area contributed by atoms with Crippen LogP contribution in [0.2, 0.25) is 0 Å². The van der Waals surface area contributed by atoms with Crippen molar-refractivity contribution in [3.63, 3.8) is 0 Å². The molecule has 1 fully saturated rings. The molecule has 0 atom stereocenters. The van der Waals surface area contributed by atoms with Crippen molar-refractivity contribution in [3.8, 4) is 0 Å². The number of alkyl carbamates (subject to hydrolysis) is 1. The van der Waals surface area contributed by atoms with Crippen molar-refractivity contribution in [1.29, 1.82) is 0 Å². The van der Waals surface area contributed by atoms with Crippen molar-refractivity contribution >= 4 is 12.1 Å². The Labute approximate surface area is 180 Å². The molecule has 110 valence electrons. The predicted molar refractivity (Wildman–Crippen MR) is 69.4 cm³/mol. The molecule has 0 aromatic carbocycles. The number of amides is 1. The second kappa shape index (κ2) is 9.05. The summed E-state index contributed by atoms with van der Waals surface area (Å²) in [6.45, 7) is 5.73. The number of rotatable bonds is 4. The number of carboxylic acids is 1. The second-order valence-electron chi connectivity index (χ2n) is 6.46. The van der Waals surface area contributed by atoms with Crippen molar-refractivity contribution in [3.05, 3.63) is 0 Å². The summed E-state index contributed by atoms with van der Waals surface area (Å²) >= 11 is 0. The molecule has 1 aliphatic rings. The summed E-state index contributed by atoms with van der Waals surface area (Å²) in [7, 11) is 0. The average Bonchev–Trinajstić information content (AvgIpc) is 2.24. The summed E-state index contributed by atoms with van der Waals surface area (Å²) in [4.78, 5) is 22.5. The zero-order chi connectivity index (χ0) is 14.5. The van der Waals surface area contributed by atoms with Crippen LogP contribution in [0.4, 0.5) is 4.79 Å². The molecular formula is C14H24CsNO4. The summed E-state index contributed by atoms with van der Waals surface area (Å²) < 4.78 is 5.17. The molecule has 6 heteroatoms. The van der Waals surface area contributed by atoms with Gasteiger partial charge in [-0.2, -0.15) is 0 Å². The van der Waals surface area contributed by atoms with E-state index in [1.807, 2.05) is 0 Å². The summed E-state index contributed by atoms with van der Waals surface area (Å²) in [6.07, 6.45) is 4.28. The number of aliphatic carboxylic acids is 1. The van der Waals surface area contributed by atoms with Gasteiger partial charge >= 0.3 is 75.0 Å². The summed E-state index contributed by atoms with van der Waals surface area (Å²) in [6, 6.07) is 0. The Bertz CT molecular complexity index is 333. The zero-order valence-corrected chi connectivity index (χ0v) is 19.4. The fourth-order valence-electron chi connectivity index (χ4n) is 2.60. The zero-order valence-electron chi connectivity index (χ0n) is 13.1. The van der Waals surface area contributed by atoms with Crippen molar-refractivity contribution in [1.82, 2.24) is 5.32 Å². The first-order valence-corrected chi connectivity index (χ1v) is 6.89. The third-order valence-electron chi connectivity index (χ3n) is 3.44. The Morgan fingerprint density at radius 1 is 1.20 bits per heavy atom. The van der Waals surface area contributed by atoms with E-state index in [0.29, 0.717) is 6.54 Å². The molecule has 0 radical (unpaired) electrons. The van der Waals surface area contributed by atoms with Gasteiger partial charge in [0.05, 0.1) is 0 Å². The number of ether oxygens (including phenoxy) is 1. The van der Waals surface area contributed by atoms with Gasteiger partial charge < -0.3 is 20.0 Å². The Kier molecular flexibility index (Phi) is 9.41. The maximum absolute atomic E-state index is 11.6. The largest absolute Gasteiger partial charge is 1.00 e. The van der Waals surface area contributed by atoms with E-state index in [0.717, 1.165) is 32.1 Å². The summed E-state index contributed by atoms with van der Waals surface area (Å²) in [5, 5.41) is 13.6. The number of carboxylic acid groups (broad SMARTS) is 1. The van der Waals surface area contributed by atoms with Crippen molar-refractivity contribution in [2.24, 2.45) is 5.41 Å². The van der Waals surface area contributed by atoms with Crippen LogP contribution in [-0.4, -0.2) is 24.2 Å². The Morgan fingerprint density at radius 3 is 2.20 bits per heavy atom. The number of carbonyl (C=O) groups is 2. The van der Waals surface area contributed by atoms with Gasteiger partial charge in [-0.15, -0.1) is 0 Å². The molecule has 0 aliphatic heterocycles. The quantitative estimate of drug-likeness (QED) is 0.627. The first-order valence-electron chi connectivity index (χ1n) is 6.89. The molecule has 5 nitrogen and oxygen atoms in total. The molecule has 0 unspecified atom stereocenters.